The molecule has 3 rings (SSSR count). The fourth-order valence-corrected chi connectivity index (χ4v) is 3.66. The molecule has 0 atom stereocenters. The number of carbonyl (C=O) groups excluding carboxylic acids is 1. The number of ether oxygens (including phenoxy) is 1. The predicted molar refractivity (Wildman–Crippen MR) is 115 cm³/mol. The van der Waals surface area contributed by atoms with Crippen LogP contribution in [0.4, 0.5) is 14.9 Å². The predicted octanol–water partition coefficient (Wildman–Crippen LogP) is 5.89. The Kier molecular flexibility index (Phi) is 6.68. The molecule has 0 N–H and O–H groups in total. The number of hydrogen-bond acceptors (Lipinski definition) is 3. The van der Waals surface area contributed by atoms with Gasteiger partial charge in [0.15, 0.2) is 0 Å². The molecule has 1 aliphatic rings. The second-order valence-electron chi connectivity index (χ2n) is 8.43. The molecule has 1 heterocycles. The molecule has 156 valence electrons. The van der Waals surface area contributed by atoms with Crippen molar-refractivity contribution in [1.82, 2.24) is 4.90 Å². The van der Waals surface area contributed by atoms with Gasteiger partial charge >= 0.3 is 6.09 Å². The highest BCUT2D eigenvalue weighted by atomic mass is 35.5. The van der Waals surface area contributed by atoms with E-state index in [-0.39, 0.29) is 18.0 Å². The number of amides is 1. The highest BCUT2D eigenvalue weighted by Gasteiger charge is 2.29. The number of likely N-dealkylation sites (tertiary alicyclic amines) is 1. The van der Waals surface area contributed by atoms with E-state index in [9.17, 15) is 9.18 Å². The first-order chi connectivity index (χ1) is 13.7. The molecule has 2 aromatic rings. The average molecular weight is 419 g/mol. The zero-order valence-corrected chi connectivity index (χ0v) is 18.0. The fraction of sp³-hybridized carbons (Fsp3) is 0.435. The number of piperidine rings is 1. The molecule has 2 aromatic carbocycles. The summed E-state index contributed by atoms with van der Waals surface area (Å²) in [5.41, 5.74) is 1.61. The van der Waals surface area contributed by atoms with Gasteiger partial charge in [0.25, 0.3) is 0 Å². The van der Waals surface area contributed by atoms with Gasteiger partial charge in [-0.2, -0.15) is 0 Å². The molecule has 0 radical (unpaired) electrons. The first-order valence-electron chi connectivity index (χ1n) is 9.96. The van der Waals surface area contributed by atoms with Crippen LogP contribution < -0.4 is 4.90 Å². The normalized spacial score (nSPS) is 15.3. The number of benzene rings is 2. The Balaban J connectivity index is 1.72. The minimum atomic E-state index is -0.494. The Hall–Kier alpha value is -2.27. The zero-order valence-electron chi connectivity index (χ0n) is 17.2. The minimum absolute atomic E-state index is 0.238. The topological polar surface area (TPSA) is 32.8 Å². The molecule has 0 bridgehead atoms. The summed E-state index contributed by atoms with van der Waals surface area (Å²) in [6, 6.07) is 14.6. The van der Waals surface area contributed by atoms with Crippen molar-refractivity contribution in [3.8, 4) is 0 Å². The van der Waals surface area contributed by atoms with Crippen molar-refractivity contribution in [3.05, 3.63) is 64.9 Å². The van der Waals surface area contributed by atoms with Crippen LogP contribution in [0.5, 0.6) is 0 Å². The Morgan fingerprint density at radius 3 is 2.24 bits per heavy atom. The third-order valence-corrected chi connectivity index (χ3v) is 5.23. The monoisotopic (exact) mass is 418 g/mol. The van der Waals surface area contributed by atoms with Crippen LogP contribution >= 0.6 is 11.6 Å². The molecule has 0 spiro atoms. The van der Waals surface area contributed by atoms with Crippen LogP contribution in [0.25, 0.3) is 0 Å². The van der Waals surface area contributed by atoms with E-state index in [2.05, 4.69) is 4.90 Å². The van der Waals surface area contributed by atoms with E-state index in [1.54, 1.807) is 4.90 Å². The summed E-state index contributed by atoms with van der Waals surface area (Å²) in [6.07, 6.45) is 1.42. The van der Waals surface area contributed by atoms with Crippen molar-refractivity contribution in [2.45, 2.75) is 51.8 Å². The highest BCUT2D eigenvalue weighted by Crippen LogP contribution is 2.28. The lowest BCUT2D eigenvalue weighted by Gasteiger charge is -2.40. The molecule has 1 aliphatic heterocycles. The molecular weight excluding hydrogens is 391 g/mol. The fourth-order valence-electron chi connectivity index (χ4n) is 3.54. The van der Waals surface area contributed by atoms with Gasteiger partial charge in [-0.05, 0) is 75.6 Å². The van der Waals surface area contributed by atoms with E-state index >= 15 is 0 Å². The summed E-state index contributed by atoms with van der Waals surface area (Å²) < 4.78 is 18.8. The lowest BCUT2D eigenvalue weighted by atomic mass is 10.0. The van der Waals surface area contributed by atoms with Crippen molar-refractivity contribution < 1.29 is 13.9 Å². The van der Waals surface area contributed by atoms with Crippen molar-refractivity contribution in [2.24, 2.45) is 0 Å². The molecular formula is C23H28ClFN2O2. The van der Waals surface area contributed by atoms with Crippen molar-refractivity contribution in [1.29, 1.82) is 0 Å². The highest BCUT2D eigenvalue weighted by molar-refractivity contribution is 6.30. The molecule has 1 saturated heterocycles. The number of halogens is 2. The van der Waals surface area contributed by atoms with Crippen molar-refractivity contribution >= 4 is 23.4 Å². The number of hydrogen-bond donors (Lipinski definition) is 0. The van der Waals surface area contributed by atoms with Gasteiger partial charge in [-0.15, -0.1) is 0 Å². The molecule has 1 fully saturated rings. The first-order valence-corrected chi connectivity index (χ1v) is 10.3. The Labute approximate surface area is 177 Å². The summed E-state index contributed by atoms with van der Waals surface area (Å²) in [5.74, 6) is -0.238. The van der Waals surface area contributed by atoms with Crippen LogP contribution in [0, 0.1) is 5.82 Å². The van der Waals surface area contributed by atoms with Crippen LogP contribution in [-0.4, -0.2) is 35.7 Å². The summed E-state index contributed by atoms with van der Waals surface area (Å²) in [4.78, 5) is 16.5. The summed E-state index contributed by atoms with van der Waals surface area (Å²) in [5, 5.41) is 0.690. The lowest BCUT2D eigenvalue weighted by molar-refractivity contribution is 0.0204. The Morgan fingerprint density at radius 1 is 1.10 bits per heavy atom. The summed E-state index contributed by atoms with van der Waals surface area (Å²) in [7, 11) is 0. The van der Waals surface area contributed by atoms with Crippen molar-refractivity contribution in [3.63, 3.8) is 0 Å². The molecule has 0 aromatic heterocycles. The van der Waals surface area contributed by atoms with Gasteiger partial charge in [0.05, 0.1) is 0 Å². The van der Waals surface area contributed by atoms with Crippen LogP contribution in [0.1, 0.15) is 39.2 Å². The second kappa shape index (κ2) is 9.04. The van der Waals surface area contributed by atoms with Gasteiger partial charge < -0.3 is 14.5 Å². The van der Waals surface area contributed by atoms with E-state index in [0.29, 0.717) is 24.7 Å². The largest absolute Gasteiger partial charge is 0.444 e. The lowest BCUT2D eigenvalue weighted by Crippen LogP contribution is -2.48. The number of nitrogens with zero attached hydrogens (tertiary/aromatic N) is 2. The zero-order chi connectivity index (χ0) is 21.0. The standard InChI is InChI=1S/C23H28ClFN2O2/c1-23(2,3)29-22(28)26-14-12-21(13-15-26)27(20-10-6-18(24)7-11-20)16-17-4-8-19(25)9-5-17/h4-11,21H,12-16H2,1-3H3. The van der Waals surface area contributed by atoms with E-state index in [0.717, 1.165) is 24.1 Å². The van der Waals surface area contributed by atoms with Gasteiger partial charge in [-0.1, -0.05) is 23.7 Å². The molecule has 1 amide bonds. The Bertz CT molecular complexity index is 810. The third kappa shape index (κ3) is 6.10. The van der Waals surface area contributed by atoms with Gasteiger partial charge in [0, 0.05) is 36.4 Å². The molecule has 0 saturated carbocycles. The van der Waals surface area contributed by atoms with Crippen molar-refractivity contribution in [2.75, 3.05) is 18.0 Å². The van der Waals surface area contributed by atoms with E-state index in [1.165, 1.54) is 12.1 Å². The van der Waals surface area contributed by atoms with E-state index < -0.39 is 5.60 Å². The summed E-state index contributed by atoms with van der Waals surface area (Å²) >= 11 is 6.07. The maximum Gasteiger partial charge on any atom is 0.410 e. The molecule has 4 nitrogen and oxygen atoms in total. The van der Waals surface area contributed by atoms with E-state index in [1.807, 2.05) is 57.2 Å². The van der Waals surface area contributed by atoms with Crippen LogP contribution in [0.15, 0.2) is 48.5 Å². The van der Waals surface area contributed by atoms with Gasteiger partial charge in [0.2, 0.25) is 0 Å². The average Bonchev–Trinajstić information content (AvgIpc) is 2.67. The van der Waals surface area contributed by atoms with Crippen LogP contribution in [0.3, 0.4) is 0 Å². The quantitative estimate of drug-likeness (QED) is 0.621. The van der Waals surface area contributed by atoms with Crippen LogP contribution in [-0.2, 0) is 11.3 Å². The summed E-state index contributed by atoms with van der Waals surface area (Å²) in [6.45, 7) is 7.59. The number of rotatable bonds is 4. The maximum atomic E-state index is 13.3. The molecule has 6 heteroatoms. The van der Waals surface area contributed by atoms with E-state index in [4.69, 9.17) is 16.3 Å². The number of anilines is 1. The van der Waals surface area contributed by atoms with Crippen LogP contribution in [0.2, 0.25) is 5.02 Å². The molecule has 0 unspecified atom stereocenters. The van der Waals surface area contributed by atoms with Gasteiger partial charge in [-0.3, -0.25) is 0 Å². The molecule has 29 heavy (non-hydrogen) atoms. The van der Waals surface area contributed by atoms with Gasteiger partial charge in [-0.25, -0.2) is 9.18 Å². The smallest absolute Gasteiger partial charge is 0.410 e. The number of carbonyl (C=O) groups is 1. The van der Waals surface area contributed by atoms with Gasteiger partial charge in [0.1, 0.15) is 11.4 Å². The Morgan fingerprint density at radius 2 is 1.69 bits per heavy atom. The molecule has 0 aliphatic carbocycles. The SMILES string of the molecule is CC(C)(C)OC(=O)N1CCC(N(Cc2ccc(F)cc2)c2ccc(Cl)cc2)CC1. The second-order valence-corrected chi connectivity index (χ2v) is 8.87. The first kappa shape index (κ1) is 21.4. The minimum Gasteiger partial charge on any atom is -0.444 e. The maximum absolute atomic E-state index is 13.3. The third-order valence-electron chi connectivity index (χ3n) is 4.98.